The van der Waals surface area contributed by atoms with Gasteiger partial charge >= 0.3 is 0 Å². The molecule has 0 radical (unpaired) electrons. The van der Waals surface area contributed by atoms with E-state index in [-0.39, 0.29) is 0 Å². The van der Waals surface area contributed by atoms with Gasteiger partial charge < -0.3 is 5.73 Å². The summed E-state index contributed by atoms with van der Waals surface area (Å²) in [6.45, 7) is 7.85. The Morgan fingerprint density at radius 1 is 1.36 bits per heavy atom. The highest BCUT2D eigenvalue weighted by Gasteiger charge is 2.35. The molecule has 0 spiro atoms. The molecule has 2 N–H and O–H groups in total. The van der Waals surface area contributed by atoms with Crippen LogP contribution in [0.3, 0.4) is 0 Å². The van der Waals surface area contributed by atoms with Crippen LogP contribution in [-0.2, 0) is 0 Å². The largest absolute Gasteiger partial charge is 0.330 e. The van der Waals surface area contributed by atoms with Crippen molar-refractivity contribution in [2.24, 2.45) is 23.0 Å². The molecule has 2 unspecified atom stereocenters. The first-order chi connectivity index (χ1) is 5.05. The lowest BCUT2D eigenvalue weighted by Gasteiger charge is -2.30. The summed E-state index contributed by atoms with van der Waals surface area (Å²) in [6.07, 6.45) is 0. The van der Waals surface area contributed by atoms with Gasteiger partial charge in [-0.1, -0.05) is 20.8 Å². The van der Waals surface area contributed by atoms with Gasteiger partial charge in [0.25, 0.3) is 0 Å². The van der Waals surface area contributed by atoms with Crippen molar-refractivity contribution in [3.63, 3.8) is 0 Å². The number of thioether (sulfide) groups is 1. The fourth-order valence-corrected chi connectivity index (χ4v) is 3.62. The summed E-state index contributed by atoms with van der Waals surface area (Å²) in [5, 5.41) is 0. The third-order valence-electron chi connectivity index (χ3n) is 2.61. The standard InChI is InChI=1S/C9H19NS/c1-9(2,3)8-6-11-5-7(8)4-10/h7-8H,4-6,10H2,1-3H3. The van der Waals surface area contributed by atoms with Crippen molar-refractivity contribution < 1.29 is 0 Å². The van der Waals surface area contributed by atoms with Gasteiger partial charge in [0, 0.05) is 0 Å². The molecule has 1 rings (SSSR count). The van der Waals surface area contributed by atoms with Crippen LogP contribution in [0.1, 0.15) is 20.8 Å². The number of nitrogens with two attached hydrogens (primary N) is 1. The summed E-state index contributed by atoms with van der Waals surface area (Å²) in [7, 11) is 0. The van der Waals surface area contributed by atoms with Gasteiger partial charge in [-0.25, -0.2) is 0 Å². The van der Waals surface area contributed by atoms with Crippen LogP contribution in [0.15, 0.2) is 0 Å². The lowest BCUT2D eigenvalue weighted by Crippen LogP contribution is -2.31. The summed E-state index contributed by atoms with van der Waals surface area (Å²) >= 11 is 2.06. The van der Waals surface area contributed by atoms with Gasteiger partial charge in [0.2, 0.25) is 0 Å². The second-order valence-electron chi connectivity index (χ2n) is 4.51. The lowest BCUT2D eigenvalue weighted by atomic mass is 9.75. The minimum Gasteiger partial charge on any atom is -0.330 e. The third kappa shape index (κ3) is 2.12. The topological polar surface area (TPSA) is 26.0 Å². The molecule has 0 bridgehead atoms. The normalized spacial score (nSPS) is 32.7. The number of hydrogen-bond acceptors (Lipinski definition) is 2. The minimum absolute atomic E-state index is 0.452. The highest BCUT2D eigenvalue weighted by molar-refractivity contribution is 7.99. The Hall–Kier alpha value is 0.310. The fraction of sp³-hybridized carbons (Fsp3) is 1.00. The Balaban J connectivity index is 2.57. The zero-order chi connectivity index (χ0) is 8.48. The van der Waals surface area contributed by atoms with Crippen LogP contribution in [-0.4, -0.2) is 18.1 Å². The average Bonchev–Trinajstić information content (AvgIpc) is 2.31. The van der Waals surface area contributed by atoms with E-state index in [1.165, 1.54) is 11.5 Å². The van der Waals surface area contributed by atoms with E-state index in [2.05, 4.69) is 32.5 Å². The summed E-state index contributed by atoms with van der Waals surface area (Å²) in [4.78, 5) is 0. The van der Waals surface area contributed by atoms with Crippen molar-refractivity contribution in [2.75, 3.05) is 18.1 Å². The molecule has 1 aliphatic heterocycles. The second-order valence-corrected chi connectivity index (χ2v) is 5.58. The van der Waals surface area contributed by atoms with E-state index in [1.54, 1.807) is 0 Å². The van der Waals surface area contributed by atoms with E-state index < -0.39 is 0 Å². The van der Waals surface area contributed by atoms with E-state index in [9.17, 15) is 0 Å². The SMILES string of the molecule is CC(C)(C)C1CSCC1CN. The van der Waals surface area contributed by atoms with Gasteiger partial charge in [-0.15, -0.1) is 0 Å². The van der Waals surface area contributed by atoms with E-state index >= 15 is 0 Å². The van der Waals surface area contributed by atoms with Crippen molar-refractivity contribution in [3.05, 3.63) is 0 Å². The molecule has 11 heavy (non-hydrogen) atoms. The third-order valence-corrected chi connectivity index (χ3v) is 3.87. The van der Waals surface area contributed by atoms with E-state index in [4.69, 9.17) is 5.73 Å². The molecular weight excluding hydrogens is 154 g/mol. The van der Waals surface area contributed by atoms with Crippen molar-refractivity contribution in [1.29, 1.82) is 0 Å². The highest BCUT2D eigenvalue weighted by atomic mass is 32.2. The first-order valence-electron chi connectivity index (χ1n) is 4.33. The van der Waals surface area contributed by atoms with E-state index in [0.29, 0.717) is 5.41 Å². The maximum Gasteiger partial charge on any atom is -0.00238 e. The quantitative estimate of drug-likeness (QED) is 0.656. The van der Waals surface area contributed by atoms with Crippen LogP contribution in [0.4, 0.5) is 0 Å². The van der Waals surface area contributed by atoms with Crippen LogP contribution < -0.4 is 5.73 Å². The molecule has 0 aliphatic carbocycles. The molecule has 1 fully saturated rings. The zero-order valence-electron chi connectivity index (χ0n) is 7.76. The zero-order valence-corrected chi connectivity index (χ0v) is 8.58. The van der Waals surface area contributed by atoms with E-state index in [0.717, 1.165) is 18.4 Å². The van der Waals surface area contributed by atoms with Crippen LogP contribution >= 0.6 is 11.8 Å². The van der Waals surface area contributed by atoms with Gasteiger partial charge in [-0.05, 0) is 35.3 Å². The molecule has 0 aromatic carbocycles. The maximum atomic E-state index is 5.71. The first-order valence-corrected chi connectivity index (χ1v) is 5.49. The molecule has 1 heterocycles. The van der Waals surface area contributed by atoms with Crippen LogP contribution in [0.25, 0.3) is 0 Å². The van der Waals surface area contributed by atoms with Gasteiger partial charge in [-0.2, -0.15) is 11.8 Å². The van der Waals surface area contributed by atoms with Crippen LogP contribution in [0.5, 0.6) is 0 Å². The van der Waals surface area contributed by atoms with Crippen LogP contribution in [0, 0.1) is 17.3 Å². The molecule has 0 aromatic rings. The predicted octanol–water partition coefficient (Wildman–Crippen LogP) is 1.97. The lowest BCUT2D eigenvalue weighted by molar-refractivity contribution is 0.209. The molecule has 0 amide bonds. The van der Waals surface area contributed by atoms with Crippen molar-refractivity contribution >= 4 is 11.8 Å². The smallest absolute Gasteiger partial charge is 0.00238 e. The Labute approximate surface area is 74.1 Å². The summed E-state index contributed by atoms with van der Waals surface area (Å²) in [6, 6.07) is 0. The van der Waals surface area contributed by atoms with Crippen molar-refractivity contribution in [1.82, 2.24) is 0 Å². The van der Waals surface area contributed by atoms with Crippen LogP contribution in [0.2, 0.25) is 0 Å². The van der Waals surface area contributed by atoms with Gasteiger partial charge in [-0.3, -0.25) is 0 Å². The summed E-state index contributed by atoms with van der Waals surface area (Å²) < 4.78 is 0. The molecule has 0 aromatic heterocycles. The molecule has 1 aliphatic rings. The van der Waals surface area contributed by atoms with Crippen molar-refractivity contribution in [3.8, 4) is 0 Å². The highest BCUT2D eigenvalue weighted by Crippen LogP contribution is 2.40. The monoisotopic (exact) mass is 173 g/mol. The summed E-state index contributed by atoms with van der Waals surface area (Å²) in [5.41, 5.74) is 6.16. The molecule has 66 valence electrons. The molecule has 1 nitrogen and oxygen atoms in total. The number of rotatable bonds is 1. The number of hydrogen-bond donors (Lipinski definition) is 1. The predicted molar refractivity (Wildman–Crippen MR) is 52.8 cm³/mol. The molecule has 2 atom stereocenters. The Morgan fingerprint density at radius 2 is 2.00 bits per heavy atom. The Bertz CT molecular complexity index is 128. The summed E-state index contributed by atoms with van der Waals surface area (Å²) in [5.74, 6) is 4.18. The minimum atomic E-state index is 0.452. The fourth-order valence-electron chi connectivity index (χ4n) is 1.79. The van der Waals surface area contributed by atoms with Gasteiger partial charge in [0.05, 0.1) is 0 Å². The Morgan fingerprint density at radius 3 is 2.36 bits per heavy atom. The second kappa shape index (κ2) is 3.36. The molecule has 2 heteroatoms. The average molecular weight is 173 g/mol. The first kappa shape index (κ1) is 9.40. The van der Waals surface area contributed by atoms with Gasteiger partial charge in [0.1, 0.15) is 0 Å². The maximum absolute atomic E-state index is 5.71. The van der Waals surface area contributed by atoms with Gasteiger partial charge in [0.15, 0.2) is 0 Å². The van der Waals surface area contributed by atoms with E-state index in [1.807, 2.05) is 0 Å². The molecular formula is C9H19NS. The van der Waals surface area contributed by atoms with Crippen molar-refractivity contribution in [2.45, 2.75) is 20.8 Å². The Kier molecular flexibility index (Phi) is 2.87. The molecule has 1 saturated heterocycles. The molecule has 0 saturated carbocycles.